The monoisotopic (exact) mass is 618 g/mol. The van der Waals surface area contributed by atoms with Gasteiger partial charge in [-0.3, -0.25) is 9.59 Å². The molecule has 0 aliphatic carbocycles. The number of aromatic nitrogens is 7. The Labute approximate surface area is 260 Å². The molecule has 0 aliphatic rings. The molecule has 0 spiro atoms. The summed E-state index contributed by atoms with van der Waals surface area (Å²) in [6.45, 7) is 0. The number of benzene rings is 3. The smallest absolute Gasteiger partial charge is 0.417 e. The fourth-order valence-corrected chi connectivity index (χ4v) is 4.90. The van der Waals surface area contributed by atoms with Gasteiger partial charge < -0.3 is 9.73 Å². The maximum atomic E-state index is 13.3. The number of carbonyl (C=O) groups is 1. The molecule has 0 saturated heterocycles. The Bertz CT molecular complexity index is 2060. The van der Waals surface area contributed by atoms with E-state index in [2.05, 4.69) is 31.0 Å². The summed E-state index contributed by atoms with van der Waals surface area (Å²) in [5.74, 6) is -1.14. The van der Waals surface area contributed by atoms with Crippen molar-refractivity contribution >= 4 is 23.6 Å². The molecule has 1 atom stereocenters. The molecular weight excluding hydrogens is 596 g/mol. The molecule has 3 aromatic heterocycles. The number of carbonyl (C=O) groups excluding carboxylic acids is 1. The number of nitrogens with zero attached hydrogens (tertiary/aromatic N) is 7. The predicted octanol–water partition coefficient (Wildman–Crippen LogP) is 3.99. The first kappa shape index (κ1) is 29.1. The molecule has 3 aromatic carbocycles. The summed E-state index contributed by atoms with van der Waals surface area (Å²) in [7, 11) is 0. The Morgan fingerprint density at radius 3 is 2.53 bits per heavy atom. The van der Waals surface area contributed by atoms with Crippen molar-refractivity contribution in [2.45, 2.75) is 12.5 Å². The standard InChI is InChI=1S/C32H23ClN8O4/c33-25-9-12-29(40-20-35-38-39-40)23(17-25)8-13-30(42)36-27(16-21-4-2-1-3-5-21)28-18-24(19-34-37-28)22-6-10-26(11-7-22)41-31(43)14-15-45-32(41)44/h1-15,17-20,27H,16H2,(H,36,42)/b13-8+/t27-/m0/s1. The third-order valence-corrected chi connectivity index (χ3v) is 7.11. The SMILES string of the molecule is O=C(/C=C/c1cc(Cl)ccc1-n1cnnn1)N[C@@H](Cc1ccccc1)c1cc(-c2ccc(-n3c(=O)ccoc3=O)cc2)cnn1. The number of tetrazole rings is 1. The van der Waals surface area contributed by atoms with Crippen molar-refractivity contribution in [3.05, 3.63) is 153 Å². The average Bonchev–Trinajstić information content (AvgIpc) is 3.59. The Morgan fingerprint density at radius 2 is 1.78 bits per heavy atom. The fraction of sp³-hybridized carbons (Fsp3) is 0.0625. The Hall–Kier alpha value is -6.01. The first-order valence-electron chi connectivity index (χ1n) is 13.6. The van der Waals surface area contributed by atoms with Crippen molar-refractivity contribution in [3.8, 4) is 22.5 Å². The Balaban J connectivity index is 1.27. The zero-order valence-corrected chi connectivity index (χ0v) is 24.2. The highest BCUT2D eigenvalue weighted by Gasteiger charge is 2.18. The van der Waals surface area contributed by atoms with Crippen LogP contribution in [0.1, 0.15) is 22.9 Å². The van der Waals surface area contributed by atoms with E-state index in [1.54, 1.807) is 54.7 Å². The molecule has 0 aliphatic heterocycles. The normalized spacial score (nSPS) is 11.8. The number of halogens is 1. The van der Waals surface area contributed by atoms with Crippen LogP contribution in [0.3, 0.4) is 0 Å². The van der Waals surface area contributed by atoms with Crippen LogP contribution in [0.15, 0.2) is 124 Å². The van der Waals surface area contributed by atoms with Gasteiger partial charge in [-0.2, -0.15) is 14.9 Å². The van der Waals surface area contributed by atoms with Crippen LogP contribution in [-0.4, -0.2) is 40.9 Å². The van der Waals surface area contributed by atoms with Gasteiger partial charge in [0, 0.05) is 28.3 Å². The van der Waals surface area contributed by atoms with Crippen LogP contribution in [0.25, 0.3) is 28.6 Å². The van der Waals surface area contributed by atoms with Crippen molar-refractivity contribution in [2.75, 3.05) is 0 Å². The molecule has 0 radical (unpaired) electrons. The summed E-state index contributed by atoms with van der Waals surface area (Å²) < 4.78 is 7.25. The summed E-state index contributed by atoms with van der Waals surface area (Å²) in [4.78, 5) is 37.6. The largest absolute Gasteiger partial charge is 0.426 e. The maximum Gasteiger partial charge on any atom is 0.426 e. The summed E-state index contributed by atoms with van der Waals surface area (Å²) in [6.07, 6.45) is 7.62. The maximum absolute atomic E-state index is 13.3. The molecule has 45 heavy (non-hydrogen) atoms. The van der Waals surface area contributed by atoms with Crippen LogP contribution in [-0.2, 0) is 11.2 Å². The lowest BCUT2D eigenvalue weighted by atomic mass is 10.00. The van der Waals surface area contributed by atoms with Gasteiger partial charge in [-0.1, -0.05) is 54.1 Å². The summed E-state index contributed by atoms with van der Waals surface area (Å²) in [6, 6.07) is 24.2. The van der Waals surface area contributed by atoms with Gasteiger partial charge in [0.25, 0.3) is 5.56 Å². The Morgan fingerprint density at radius 1 is 0.956 bits per heavy atom. The van der Waals surface area contributed by atoms with Crippen molar-refractivity contribution in [1.29, 1.82) is 0 Å². The third-order valence-electron chi connectivity index (χ3n) is 6.87. The predicted molar refractivity (Wildman–Crippen MR) is 166 cm³/mol. The minimum atomic E-state index is -0.779. The molecule has 13 heteroatoms. The number of amides is 1. The molecule has 6 rings (SSSR count). The van der Waals surface area contributed by atoms with E-state index in [0.717, 1.165) is 27.5 Å². The first-order valence-corrected chi connectivity index (χ1v) is 14.0. The van der Waals surface area contributed by atoms with Gasteiger partial charge in [0.15, 0.2) is 0 Å². The minimum Gasteiger partial charge on any atom is -0.417 e. The van der Waals surface area contributed by atoms with E-state index in [-0.39, 0.29) is 5.91 Å². The number of nitrogens with one attached hydrogen (secondary N) is 1. The summed E-state index contributed by atoms with van der Waals surface area (Å²) in [5.41, 5.74) is 4.19. The highest BCUT2D eigenvalue weighted by molar-refractivity contribution is 6.30. The van der Waals surface area contributed by atoms with Crippen molar-refractivity contribution in [3.63, 3.8) is 0 Å². The highest BCUT2D eigenvalue weighted by atomic mass is 35.5. The molecule has 12 nitrogen and oxygen atoms in total. The second-order valence-corrected chi connectivity index (χ2v) is 10.3. The lowest BCUT2D eigenvalue weighted by molar-refractivity contribution is -0.117. The number of hydrogen-bond acceptors (Lipinski definition) is 9. The lowest BCUT2D eigenvalue weighted by Crippen LogP contribution is -2.29. The molecule has 0 bridgehead atoms. The van der Waals surface area contributed by atoms with E-state index < -0.39 is 17.4 Å². The van der Waals surface area contributed by atoms with E-state index in [1.165, 1.54) is 23.2 Å². The fourth-order valence-electron chi connectivity index (χ4n) is 4.72. The summed E-state index contributed by atoms with van der Waals surface area (Å²) in [5, 5.41) is 23.4. The molecule has 0 fully saturated rings. The van der Waals surface area contributed by atoms with Crippen LogP contribution in [0.4, 0.5) is 0 Å². The van der Waals surface area contributed by atoms with Crippen molar-refractivity contribution < 1.29 is 9.21 Å². The molecule has 1 N–H and O–H groups in total. The van der Waals surface area contributed by atoms with E-state index in [9.17, 15) is 14.4 Å². The van der Waals surface area contributed by atoms with E-state index in [0.29, 0.717) is 34.1 Å². The quantitative estimate of drug-likeness (QED) is 0.237. The minimum absolute atomic E-state index is 0.359. The van der Waals surface area contributed by atoms with Gasteiger partial charge >= 0.3 is 5.76 Å². The second kappa shape index (κ2) is 13.1. The molecule has 222 valence electrons. The zero-order chi connectivity index (χ0) is 31.2. The van der Waals surface area contributed by atoms with Crippen LogP contribution in [0, 0.1) is 0 Å². The van der Waals surface area contributed by atoms with Crippen LogP contribution in [0.5, 0.6) is 0 Å². The topological polar surface area (TPSA) is 151 Å². The van der Waals surface area contributed by atoms with Gasteiger partial charge in [0.1, 0.15) is 12.6 Å². The van der Waals surface area contributed by atoms with Crippen LogP contribution >= 0.6 is 11.6 Å². The first-order chi connectivity index (χ1) is 21.9. The number of rotatable bonds is 9. The van der Waals surface area contributed by atoms with E-state index >= 15 is 0 Å². The van der Waals surface area contributed by atoms with Crippen LogP contribution < -0.4 is 16.6 Å². The van der Waals surface area contributed by atoms with E-state index in [1.807, 2.05) is 36.4 Å². The second-order valence-electron chi connectivity index (χ2n) is 9.82. The summed E-state index contributed by atoms with van der Waals surface area (Å²) >= 11 is 6.22. The molecule has 3 heterocycles. The van der Waals surface area contributed by atoms with Crippen LogP contribution in [0.2, 0.25) is 5.02 Å². The van der Waals surface area contributed by atoms with Gasteiger partial charge in [-0.15, -0.1) is 5.10 Å². The van der Waals surface area contributed by atoms with Gasteiger partial charge in [0.05, 0.1) is 29.3 Å². The zero-order valence-electron chi connectivity index (χ0n) is 23.4. The molecular formula is C32H23ClN8O4. The molecule has 0 unspecified atom stereocenters. The average molecular weight is 619 g/mol. The molecule has 1 amide bonds. The van der Waals surface area contributed by atoms with E-state index in [4.69, 9.17) is 16.0 Å². The van der Waals surface area contributed by atoms with Gasteiger partial charge in [0.2, 0.25) is 5.91 Å². The lowest BCUT2D eigenvalue weighted by Gasteiger charge is -2.18. The molecule has 0 saturated carbocycles. The van der Waals surface area contributed by atoms with Gasteiger partial charge in [-0.25, -0.2) is 9.36 Å². The Kier molecular flexibility index (Phi) is 8.47. The highest BCUT2D eigenvalue weighted by Crippen LogP contribution is 2.25. The van der Waals surface area contributed by atoms with Crippen molar-refractivity contribution in [2.24, 2.45) is 0 Å². The molecule has 6 aromatic rings. The third kappa shape index (κ3) is 6.81. The van der Waals surface area contributed by atoms with Crippen molar-refractivity contribution in [1.82, 2.24) is 40.3 Å². The van der Waals surface area contributed by atoms with Gasteiger partial charge in [-0.05, 0) is 70.4 Å². The number of hydrogen-bond donors (Lipinski definition) is 1.